The highest BCUT2D eigenvalue weighted by Crippen LogP contribution is 2.46. The van der Waals surface area contributed by atoms with Gasteiger partial charge in [0.15, 0.2) is 17.1 Å². The van der Waals surface area contributed by atoms with Gasteiger partial charge in [0.05, 0.1) is 83.0 Å². The number of aryl methyl sites for hydroxylation is 2. The summed E-state index contributed by atoms with van der Waals surface area (Å²) in [5.74, 6) is 2.29. The van der Waals surface area contributed by atoms with Gasteiger partial charge >= 0.3 is 11.4 Å². The first-order valence-corrected chi connectivity index (χ1v) is 42.5. The van der Waals surface area contributed by atoms with Gasteiger partial charge in [-0.2, -0.15) is 9.97 Å². The SMILES string of the molecule is C=CC(=O)N1CC(C)N(C2=NC(=C)N(c3ccccc3C(C)C)c3nc(-c4ccccc4F)c(Cl)cc32)CC1C.C=CC(=O)N1CC(C)N(c2nc(=O)n(-c3c(C)ccnc3C(C)C)c3nc(-c4ccccc4)c(Cl)cc23)CC1C.C=CC(=O)N1CC(C)N(c2nc(=O)n(-c3c(C)ccnc3C(C)C)c3nc(-c4ccccc4C(C)O)c(Cl)cc23)CC1C. The van der Waals surface area contributed by atoms with Crippen molar-refractivity contribution in [2.75, 3.05) is 54.0 Å². The minimum Gasteiger partial charge on any atom is -0.389 e. The zero-order chi connectivity index (χ0) is 88.6. The van der Waals surface area contributed by atoms with Crippen molar-refractivity contribution in [2.24, 2.45) is 4.99 Å². The maximum Gasteiger partial charge on any atom is 0.355 e. The molecule has 4 aliphatic heterocycles. The lowest BCUT2D eigenvalue weighted by atomic mass is 9.99. The van der Waals surface area contributed by atoms with E-state index in [1.165, 1.54) is 28.9 Å². The summed E-state index contributed by atoms with van der Waals surface area (Å²) in [4.78, 5) is 118. The third-order valence-electron chi connectivity index (χ3n) is 23.1. The summed E-state index contributed by atoms with van der Waals surface area (Å²) >= 11 is 20.7. The number of halogens is 4. The predicted molar refractivity (Wildman–Crippen MR) is 492 cm³/mol. The lowest BCUT2D eigenvalue weighted by Crippen LogP contribution is -2.59. The summed E-state index contributed by atoms with van der Waals surface area (Å²) in [6, 6.07) is 40.3. The van der Waals surface area contributed by atoms with E-state index < -0.39 is 23.3 Å². The van der Waals surface area contributed by atoms with Gasteiger partial charge in [-0.15, -0.1) is 0 Å². The van der Waals surface area contributed by atoms with Crippen LogP contribution < -0.4 is 26.1 Å². The van der Waals surface area contributed by atoms with Gasteiger partial charge in [-0.25, -0.2) is 43.1 Å². The van der Waals surface area contributed by atoms with Crippen LogP contribution in [0.2, 0.25) is 15.1 Å². The maximum atomic E-state index is 14.9. The molecule has 15 rings (SSSR count). The molecule has 0 saturated carbocycles. The topological polar surface area (TPSA) is 241 Å². The predicted octanol–water partition coefficient (Wildman–Crippen LogP) is 18.3. The molecule has 23 nitrogen and oxygen atoms in total. The van der Waals surface area contributed by atoms with Crippen molar-refractivity contribution >= 4 is 104 Å². The number of amidine groups is 1. The molecule has 7 atom stereocenters. The summed E-state index contributed by atoms with van der Waals surface area (Å²) < 4.78 is 18.1. The van der Waals surface area contributed by atoms with E-state index in [4.69, 9.17) is 54.7 Å². The van der Waals surface area contributed by atoms with Crippen LogP contribution in [0.1, 0.15) is 153 Å². The number of piperazine rings is 3. The molecule has 11 aromatic rings. The van der Waals surface area contributed by atoms with Crippen LogP contribution in [0, 0.1) is 19.7 Å². The number of aliphatic hydroxyl groups is 1. The van der Waals surface area contributed by atoms with E-state index in [1.54, 1.807) is 57.9 Å². The van der Waals surface area contributed by atoms with Crippen LogP contribution in [-0.2, 0) is 14.4 Å². The Balaban J connectivity index is 0.000000159. The van der Waals surface area contributed by atoms with E-state index in [2.05, 4.69) is 82.9 Å². The average molecular weight is 1720 g/mol. The molecule has 4 aromatic carbocycles. The Hall–Kier alpha value is -12.1. The van der Waals surface area contributed by atoms with Crippen LogP contribution in [-0.4, -0.2) is 168 Å². The van der Waals surface area contributed by atoms with E-state index in [0.29, 0.717) is 151 Å². The summed E-state index contributed by atoms with van der Waals surface area (Å²) in [5.41, 5.74) is 11.1. The Labute approximate surface area is 731 Å². The molecular formula is C96H103Cl3FN17O6. The number of aliphatic hydroxyl groups excluding tert-OH is 1. The number of nitrogens with zero attached hydrogens (tertiary/aromatic N) is 17. The molecule has 123 heavy (non-hydrogen) atoms. The molecule has 1 N–H and O–H groups in total. The first-order valence-electron chi connectivity index (χ1n) is 41.4. The molecule has 3 fully saturated rings. The molecule has 0 radical (unpaired) electrons. The van der Waals surface area contributed by atoms with Crippen LogP contribution in [0.25, 0.3) is 67.2 Å². The second-order valence-corrected chi connectivity index (χ2v) is 34.1. The molecule has 27 heteroatoms. The largest absolute Gasteiger partial charge is 0.389 e. The second-order valence-electron chi connectivity index (χ2n) is 32.9. The van der Waals surface area contributed by atoms with Gasteiger partial charge in [0.1, 0.15) is 29.1 Å². The first-order chi connectivity index (χ1) is 58.7. The van der Waals surface area contributed by atoms with E-state index in [9.17, 15) is 33.5 Å². The Bertz CT molecular complexity index is 6150. The molecular weight excluding hydrogens is 1610 g/mol. The third-order valence-corrected chi connectivity index (χ3v) is 24.0. The summed E-state index contributed by atoms with van der Waals surface area (Å²) in [6.07, 6.45) is 6.76. The number of aromatic nitrogens is 9. The fourth-order valence-electron chi connectivity index (χ4n) is 16.9. The second kappa shape index (κ2) is 36.9. The number of hydrogen-bond acceptors (Lipinski definition) is 18. The van der Waals surface area contributed by atoms with Gasteiger partial charge in [0, 0.05) is 105 Å². The Kier molecular flexibility index (Phi) is 26.6. The molecule has 4 aliphatic rings. The van der Waals surface area contributed by atoms with Crippen molar-refractivity contribution < 1.29 is 23.9 Å². The lowest BCUT2D eigenvalue weighted by Gasteiger charge is -2.46. The fourth-order valence-corrected chi connectivity index (χ4v) is 17.7. The van der Waals surface area contributed by atoms with Gasteiger partial charge in [-0.05, 0) is 169 Å². The smallest absolute Gasteiger partial charge is 0.355 e. The van der Waals surface area contributed by atoms with Crippen LogP contribution in [0.5, 0.6) is 0 Å². The number of anilines is 4. The average Bonchev–Trinajstić information content (AvgIpc) is 0.738. The number of hydrogen-bond donors (Lipinski definition) is 1. The normalized spacial score (nSPS) is 18.1. The number of aliphatic imine (C=N–C) groups is 1. The molecule has 3 saturated heterocycles. The fraction of sp³-hybridized carbons (Fsp3) is 0.323. The molecule has 11 heterocycles. The van der Waals surface area contributed by atoms with Crippen molar-refractivity contribution in [1.82, 2.24) is 63.6 Å². The molecule has 7 aromatic heterocycles. The van der Waals surface area contributed by atoms with Crippen LogP contribution in [0.3, 0.4) is 0 Å². The molecule has 0 bridgehead atoms. The molecule has 0 aliphatic carbocycles. The zero-order valence-electron chi connectivity index (χ0n) is 72.0. The zero-order valence-corrected chi connectivity index (χ0v) is 74.3. The monoisotopic (exact) mass is 1710 g/mol. The van der Waals surface area contributed by atoms with Gasteiger partial charge in [0.25, 0.3) is 0 Å². The van der Waals surface area contributed by atoms with Crippen LogP contribution in [0.15, 0.2) is 211 Å². The summed E-state index contributed by atoms with van der Waals surface area (Å²) in [6.45, 7) is 48.3. The highest BCUT2D eigenvalue weighted by molar-refractivity contribution is 6.35. The Morgan fingerprint density at radius 2 is 0.886 bits per heavy atom. The number of amides is 3. The minimum absolute atomic E-state index is 0.0237. The van der Waals surface area contributed by atoms with E-state index in [1.807, 2.05) is 188 Å². The standard InChI is InChI=1S/C33H37ClN6O3.C32H33ClFN5O.C31H33ClN6O2/c1-8-27(42)38-16-21(6)39(17-20(38)5)31-25-15-26(34)29(24-12-10-9-11-23(24)22(7)41)36-32(25)40(33(43)37-31)30-19(4)13-14-35-28(30)18(2)3;1-7-29(40)37-17-21(5)38(18-20(37)4)31-25-16-26(33)30(24-13-8-10-14-27(24)34)36-32(25)39(22(6)35-31)28-15-11-9-12-23(28)19(2)3;1-7-25(39)36-16-21(6)37(17-20(36)5)29-23-15-24(32)27(22-11-9-8-10-12-22)34-30(23)38(31(40)35-29)28-19(4)13-14-33-26(28)18(2)3/h8-15,18,20-22,41H,1,16-17H2,2-7H3;7-16,19-21H,1,6,17-18H2,2-5H3;7-15,18,20-21H,1,16-17H2,2-6H3. The number of benzene rings is 4. The van der Waals surface area contributed by atoms with Crippen LogP contribution in [0.4, 0.5) is 27.5 Å². The highest BCUT2D eigenvalue weighted by Gasteiger charge is 2.41. The van der Waals surface area contributed by atoms with E-state index >= 15 is 0 Å². The quantitative estimate of drug-likeness (QED) is 0.0938. The van der Waals surface area contributed by atoms with Crippen LogP contribution >= 0.6 is 34.8 Å². The molecule has 3 amide bonds. The van der Waals surface area contributed by atoms with Gasteiger partial charge in [-0.3, -0.25) is 29.3 Å². The Morgan fingerprint density at radius 1 is 0.472 bits per heavy atom. The highest BCUT2D eigenvalue weighted by atomic mass is 35.5. The lowest BCUT2D eigenvalue weighted by molar-refractivity contribution is -0.131. The minimum atomic E-state index is -0.759. The summed E-state index contributed by atoms with van der Waals surface area (Å²) in [7, 11) is 0. The number of carbonyl (C=O) groups excluding carboxylic acids is 3. The number of carbonyl (C=O) groups is 3. The molecule has 0 spiro atoms. The van der Waals surface area contributed by atoms with Crippen molar-refractivity contribution in [3.8, 4) is 45.1 Å². The van der Waals surface area contributed by atoms with Crippen molar-refractivity contribution in [3.63, 3.8) is 0 Å². The molecule has 636 valence electrons. The van der Waals surface area contributed by atoms with E-state index in [0.717, 1.165) is 44.9 Å². The van der Waals surface area contributed by atoms with Gasteiger partial charge in [-0.1, -0.05) is 188 Å². The maximum absolute atomic E-state index is 14.9. The van der Waals surface area contributed by atoms with Crippen molar-refractivity contribution in [1.29, 1.82) is 0 Å². The van der Waals surface area contributed by atoms with E-state index in [-0.39, 0.29) is 71.7 Å². The van der Waals surface area contributed by atoms with Gasteiger partial charge in [0.2, 0.25) is 17.7 Å². The first kappa shape index (κ1) is 88.7. The third kappa shape index (κ3) is 17.4. The summed E-state index contributed by atoms with van der Waals surface area (Å²) in [5, 5.41) is 12.9. The van der Waals surface area contributed by atoms with Crippen molar-refractivity contribution in [3.05, 3.63) is 277 Å². The number of pyridine rings is 5. The van der Waals surface area contributed by atoms with Crippen molar-refractivity contribution in [2.45, 2.75) is 164 Å². The number of rotatable bonds is 15. The number of fused-ring (bicyclic) bond motifs is 3. The Morgan fingerprint density at radius 3 is 1.36 bits per heavy atom. The van der Waals surface area contributed by atoms with Gasteiger partial charge < -0.3 is 34.5 Å². The molecule has 7 unspecified atom stereocenters. The number of para-hydroxylation sites is 1.